The summed E-state index contributed by atoms with van der Waals surface area (Å²) >= 11 is 5.66. The van der Waals surface area contributed by atoms with Crippen molar-refractivity contribution in [1.82, 2.24) is 14.9 Å². The van der Waals surface area contributed by atoms with E-state index in [1.807, 2.05) is 0 Å². The van der Waals surface area contributed by atoms with Crippen LogP contribution in [0.15, 0.2) is 30.6 Å². The fraction of sp³-hybridized carbons (Fsp3) is 0.333. The van der Waals surface area contributed by atoms with Gasteiger partial charge in [-0.25, -0.2) is 18.7 Å². The zero-order valence-corrected chi connectivity index (χ0v) is 17.2. The van der Waals surface area contributed by atoms with Gasteiger partial charge < -0.3 is 20.7 Å². The Kier molecular flexibility index (Phi) is 5.87. The van der Waals surface area contributed by atoms with Crippen LogP contribution in [0.25, 0.3) is 10.9 Å². The van der Waals surface area contributed by atoms with Crippen molar-refractivity contribution in [2.24, 2.45) is 5.92 Å². The molecule has 0 aliphatic carbocycles. The summed E-state index contributed by atoms with van der Waals surface area (Å²) in [5.41, 5.74) is 7.23. The Bertz CT molecular complexity index is 1070. The molecule has 6 nitrogen and oxygen atoms in total. The average molecular weight is 434 g/mol. The Labute approximate surface area is 178 Å². The van der Waals surface area contributed by atoms with Gasteiger partial charge in [-0.15, -0.1) is 0 Å². The molecule has 0 spiro atoms. The number of aromatic nitrogens is 2. The molecule has 1 saturated heterocycles. The number of nitrogens with one attached hydrogen (secondary N) is 1. The number of fused-ring (bicyclic) bond motifs is 1. The molecule has 1 fully saturated rings. The van der Waals surface area contributed by atoms with Crippen LogP contribution in [0.4, 0.5) is 26.0 Å². The number of benzene rings is 2. The minimum atomic E-state index is -0.894. The van der Waals surface area contributed by atoms with Crippen LogP contribution in [0.5, 0.6) is 5.75 Å². The van der Waals surface area contributed by atoms with Crippen LogP contribution >= 0.6 is 11.6 Å². The summed E-state index contributed by atoms with van der Waals surface area (Å²) < 4.78 is 33.7. The molecule has 158 valence electrons. The third kappa shape index (κ3) is 4.24. The number of halogens is 3. The van der Waals surface area contributed by atoms with Crippen molar-refractivity contribution in [3.05, 3.63) is 47.2 Å². The van der Waals surface area contributed by atoms with Gasteiger partial charge in [-0.05, 0) is 57.1 Å². The van der Waals surface area contributed by atoms with Crippen molar-refractivity contribution >= 4 is 39.7 Å². The summed E-state index contributed by atoms with van der Waals surface area (Å²) in [4.78, 5) is 10.7. The van der Waals surface area contributed by atoms with Crippen LogP contribution in [0, 0.1) is 17.6 Å². The number of anilines is 3. The molecule has 1 aromatic heterocycles. The van der Waals surface area contributed by atoms with Crippen molar-refractivity contribution in [1.29, 1.82) is 0 Å². The van der Waals surface area contributed by atoms with E-state index >= 15 is 0 Å². The zero-order chi connectivity index (χ0) is 21.3. The molecule has 0 saturated carbocycles. The predicted molar refractivity (Wildman–Crippen MR) is 114 cm³/mol. The Morgan fingerprint density at radius 3 is 2.77 bits per heavy atom. The summed E-state index contributed by atoms with van der Waals surface area (Å²) in [6.07, 6.45) is 3.53. The Hall–Kier alpha value is -2.71. The lowest BCUT2D eigenvalue weighted by molar-refractivity contribution is 0.160. The highest BCUT2D eigenvalue weighted by molar-refractivity contribution is 6.31. The van der Waals surface area contributed by atoms with Crippen LogP contribution in [0.3, 0.4) is 0 Å². The maximum absolute atomic E-state index is 14.3. The van der Waals surface area contributed by atoms with Crippen LogP contribution in [-0.4, -0.2) is 41.6 Å². The first-order valence-electron chi connectivity index (χ1n) is 9.68. The highest BCUT2D eigenvalue weighted by atomic mass is 35.5. The van der Waals surface area contributed by atoms with E-state index in [9.17, 15) is 8.78 Å². The van der Waals surface area contributed by atoms with Crippen molar-refractivity contribution in [3.63, 3.8) is 0 Å². The first-order valence-corrected chi connectivity index (χ1v) is 10.1. The summed E-state index contributed by atoms with van der Waals surface area (Å²) in [6, 6.07) is 5.78. The second kappa shape index (κ2) is 8.57. The zero-order valence-electron chi connectivity index (χ0n) is 16.5. The molecule has 4 rings (SSSR count). The van der Waals surface area contributed by atoms with Gasteiger partial charge in [0.1, 0.15) is 28.7 Å². The van der Waals surface area contributed by atoms with Gasteiger partial charge in [0.25, 0.3) is 0 Å². The maximum atomic E-state index is 14.3. The van der Waals surface area contributed by atoms with Gasteiger partial charge in [0, 0.05) is 11.5 Å². The average Bonchev–Trinajstić information content (AvgIpc) is 2.74. The summed E-state index contributed by atoms with van der Waals surface area (Å²) in [7, 11) is 2.12. The molecule has 0 atom stereocenters. The van der Waals surface area contributed by atoms with Gasteiger partial charge in [0.05, 0.1) is 23.5 Å². The molecule has 0 unspecified atom stereocenters. The predicted octanol–water partition coefficient (Wildman–Crippen LogP) is 4.61. The van der Waals surface area contributed by atoms with Gasteiger partial charge in [0.2, 0.25) is 0 Å². The fourth-order valence-electron chi connectivity index (χ4n) is 3.51. The number of rotatable bonds is 5. The lowest BCUT2D eigenvalue weighted by Crippen LogP contribution is -2.32. The molecule has 0 amide bonds. The van der Waals surface area contributed by atoms with E-state index in [0.29, 0.717) is 40.7 Å². The third-order valence-electron chi connectivity index (χ3n) is 5.37. The monoisotopic (exact) mass is 433 g/mol. The highest BCUT2D eigenvalue weighted by Gasteiger charge is 2.19. The smallest absolute Gasteiger partial charge is 0.168 e. The van der Waals surface area contributed by atoms with E-state index in [4.69, 9.17) is 22.1 Å². The first-order chi connectivity index (χ1) is 14.4. The number of likely N-dealkylation sites (tertiary alicyclic amines) is 1. The minimum Gasteiger partial charge on any atom is -0.491 e. The van der Waals surface area contributed by atoms with Gasteiger partial charge in [-0.3, -0.25) is 0 Å². The quantitative estimate of drug-likeness (QED) is 0.452. The summed E-state index contributed by atoms with van der Waals surface area (Å²) in [5, 5.41) is 2.84. The van der Waals surface area contributed by atoms with Crippen LogP contribution in [-0.2, 0) is 0 Å². The van der Waals surface area contributed by atoms with Crippen molar-refractivity contribution < 1.29 is 13.5 Å². The van der Waals surface area contributed by atoms with Crippen LogP contribution in [0.1, 0.15) is 12.8 Å². The van der Waals surface area contributed by atoms with Crippen molar-refractivity contribution in [2.45, 2.75) is 12.8 Å². The Morgan fingerprint density at radius 1 is 1.23 bits per heavy atom. The van der Waals surface area contributed by atoms with E-state index in [1.165, 1.54) is 12.4 Å². The van der Waals surface area contributed by atoms with Gasteiger partial charge >= 0.3 is 0 Å². The molecule has 1 aliphatic rings. The second-order valence-electron chi connectivity index (χ2n) is 7.54. The topological polar surface area (TPSA) is 76.3 Å². The molecule has 9 heteroatoms. The molecule has 30 heavy (non-hydrogen) atoms. The molecule has 0 bridgehead atoms. The molecular weight excluding hydrogens is 412 g/mol. The highest BCUT2D eigenvalue weighted by Crippen LogP contribution is 2.33. The summed E-state index contributed by atoms with van der Waals surface area (Å²) in [6.45, 7) is 2.72. The molecule has 2 aromatic carbocycles. The molecule has 3 N–H and O–H groups in total. The largest absolute Gasteiger partial charge is 0.491 e. The van der Waals surface area contributed by atoms with E-state index < -0.39 is 16.7 Å². The fourth-order valence-corrected chi connectivity index (χ4v) is 3.68. The number of nitrogens with zero attached hydrogens (tertiary/aromatic N) is 3. The van der Waals surface area contributed by atoms with Gasteiger partial charge in [0.15, 0.2) is 5.82 Å². The van der Waals surface area contributed by atoms with Crippen LogP contribution < -0.4 is 15.8 Å². The van der Waals surface area contributed by atoms with E-state index in [2.05, 4.69) is 27.2 Å². The van der Waals surface area contributed by atoms with Gasteiger partial charge in [-0.2, -0.15) is 0 Å². The standard InChI is InChI=1S/C21H22ClF2N5O/c1-29-6-4-12(5-7-29)10-30-18-9-17-13(8-15(18)25)21(27-11-26-17)28-16-3-2-14(23)19(22)20(16)24/h2-3,8-9,11-12H,4-7,10,25H2,1H3,(H,26,27,28). The Morgan fingerprint density at radius 2 is 2.00 bits per heavy atom. The van der Waals surface area contributed by atoms with Crippen molar-refractivity contribution in [2.75, 3.05) is 37.8 Å². The third-order valence-corrected chi connectivity index (χ3v) is 5.71. The number of piperidine rings is 1. The number of ether oxygens (including phenoxy) is 1. The Balaban J connectivity index is 1.57. The second-order valence-corrected chi connectivity index (χ2v) is 7.91. The lowest BCUT2D eigenvalue weighted by Gasteiger charge is -2.28. The molecular formula is C21H22ClF2N5O. The van der Waals surface area contributed by atoms with E-state index in [0.717, 1.165) is 32.0 Å². The van der Waals surface area contributed by atoms with Gasteiger partial charge in [-0.1, -0.05) is 11.6 Å². The van der Waals surface area contributed by atoms with Crippen molar-refractivity contribution in [3.8, 4) is 5.75 Å². The maximum Gasteiger partial charge on any atom is 0.168 e. The molecule has 3 aromatic rings. The number of nitrogen functional groups attached to an aromatic ring is 1. The lowest BCUT2D eigenvalue weighted by atomic mass is 9.98. The van der Waals surface area contributed by atoms with E-state index in [-0.39, 0.29) is 5.69 Å². The molecule has 1 aliphatic heterocycles. The SMILES string of the molecule is CN1CCC(COc2cc3ncnc(Nc4ccc(F)c(Cl)c4F)c3cc2N)CC1. The number of nitrogens with two attached hydrogens (primary N) is 1. The van der Waals surface area contributed by atoms with E-state index in [1.54, 1.807) is 12.1 Å². The number of hydrogen-bond acceptors (Lipinski definition) is 6. The number of hydrogen-bond donors (Lipinski definition) is 2. The van der Waals surface area contributed by atoms with Crippen LogP contribution in [0.2, 0.25) is 5.02 Å². The summed E-state index contributed by atoms with van der Waals surface area (Å²) in [5.74, 6) is -0.347. The normalized spacial score (nSPS) is 15.5. The molecule has 2 heterocycles. The molecule has 0 radical (unpaired) electrons. The first kappa shape index (κ1) is 20.6. The minimum absolute atomic E-state index is 0.00237.